The molecule has 1 fully saturated rings. The standard InChI is InChI=1S/C14H17BrClF3N2.ClH/c15-12-9-10(16)1-2-11(12)13(3-4-14(17,18)19)21-7-5-20-6-8-21;/h1-2,9,13,20H,3-8H2;1H/t13-;/m0./s1. The van der Waals surface area contributed by atoms with Gasteiger partial charge in [0.2, 0.25) is 0 Å². The molecule has 1 aromatic carbocycles. The summed E-state index contributed by atoms with van der Waals surface area (Å²) in [6, 6.07) is 5.03. The number of hydrogen-bond acceptors (Lipinski definition) is 2. The van der Waals surface area contributed by atoms with Gasteiger partial charge in [-0.05, 0) is 24.1 Å². The van der Waals surface area contributed by atoms with Crippen LogP contribution < -0.4 is 5.32 Å². The van der Waals surface area contributed by atoms with Crippen LogP contribution in [0.1, 0.15) is 24.4 Å². The Balaban J connectivity index is 0.00000242. The molecule has 1 N–H and O–H groups in total. The topological polar surface area (TPSA) is 15.3 Å². The van der Waals surface area contributed by atoms with Crippen molar-refractivity contribution in [1.29, 1.82) is 0 Å². The molecule has 1 aliphatic heterocycles. The zero-order valence-corrected chi connectivity index (χ0v) is 15.0. The van der Waals surface area contributed by atoms with Crippen molar-refractivity contribution in [2.75, 3.05) is 26.2 Å². The van der Waals surface area contributed by atoms with Crippen LogP contribution in [0, 0.1) is 0 Å². The maximum atomic E-state index is 12.6. The normalized spacial score (nSPS) is 17.9. The number of halogens is 6. The first-order chi connectivity index (χ1) is 9.87. The number of benzene rings is 1. The van der Waals surface area contributed by atoms with E-state index in [0.29, 0.717) is 5.02 Å². The van der Waals surface area contributed by atoms with Gasteiger partial charge in [-0.25, -0.2) is 0 Å². The molecule has 1 aromatic rings. The second-order valence-electron chi connectivity index (χ2n) is 5.12. The Morgan fingerprint density at radius 2 is 1.91 bits per heavy atom. The monoisotopic (exact) mass is 420 g/mol. The van der Waals surface area contributed by atoms with Gasteiger partial charge in [-0.15, -0.1) is 12.4 Å². The minimum absolute atomic E-state index is 0. The van der Waals surface area contributed by atoms with E-state index in [-0.39, 0.29) is 24.9 Å². The van der Waals surface area contributed by atoms with Gasteiger partial charge in [-0.3, -0.25) is 4.90 Å². The Morgan fingerprint density at radius 3 is 2.45 bits per heavy atom. The van der Waals surface area contributed by atoms with Crippen LogP contribution in [-0.2, 0) is 0 Å². The first kappa shape index (κ1) is 20.0. The fraction of sp³-hybridized carbons (Fsp3) is 0.571. The third-order valence-corrected chi connectivity index (χ3v) is 4.54. The van der Waals surface area contributed by atoms with Crippen LogP contribution in [-0.4, -0.2) is 37.3 Å². The maximum Gasteiger partial charge on any atom is 0.389 e. The molecule has 0 bridgehead atoms. The molecular formula is C14H18BrCl2F3N2. The molecule has 0 aromatic heterocycles. The molecule has 2 nitrogen and oxygen atoms in total. The second-order valence-corrected chi connectivity index (χ2v) is 6.41. The molecule has 2 rings (SSSR count). The van der Waals surface area contributed by atoms with Crippen LogP contribution in [0.25, 0.3) is 0 Å². The highest BCUT2D eigenvalue weighted by Gasteiger charge is 2.31. The van der Waals surface area contributed by atoms with E-state index in [1.165, 1.54) is 0 Å². The second kappa shape index (κ2) is 8.73. The summed E-state index contributed by atoms with van der Waals surface area (Å²) >= 11 is 9.35. The van der Waals surface area contributed by atoms with Gasteiger partial charge < -0.3 is 5.32 Å². The number of nitrogens with zero attached hydrogens (tertiary/aromatic N) is 1. The van der Waals surface area contributed by atoms with Crippen LogP contribution in [0.2, 0.25) is 5.02 Å². The number of alkyl halides is 3. The van der Waals surface area contributed by atoms with Crippen molar-refractivity contribution in [3.05, 3.63) is 33.3 Å². The van der Waals surface area contributed by atoms with Crippen LogP contribution >= 0.6 is 39.9 Å². The van der Waals surface area contributed by atoms with E-state index in [9.17, 15) is 13.2 Å². The van der Waals surface area contributed by atoms with Crippen molar-refractivity contribution < 1.29 is 13.2 Å². The molecule has 22 heavy (non-hydrogen) atoms. The van der Waals surface area contributed by atoms with Gasteiger partial charge in [-0.2, -0.15) is 13.2 Å². The zero-order chi connectivity index (χ0) is 15.5. The summed E-state index contributed by atoms with van der Waals surface area (Å²) in [5.41, 5.74) is 0.866. The molecule has 0 radical (unpaired) electrons. The van der Waals surface area contributed by atoms with E-state index in [4.69, 9.17) is 11.6 Å². The van der Waals surface area contributed by atoms with Crippen molar-refractivity contribution in [2.24, 2.45) is 0 Å². The average molecular weight is 422 g/mol. The van der Waals surface area contributed by atoms with Crippen molar-refractivity contribution in [3.63, 3.8) is 0 Å². The predicted molar refractivity (Wildman–Crippen MR) is 88.9 cm³/mol. The molecule has 0 aliphatic carbocycles. The molecule has 1 aliphatic rings. The Bertz CT molecular complexity index is 480. The van der Waals surface area contributed by atoms with Gasteiger partial charge in [-0.1, -0.05) is 33.6 Å². The Kier molecular flexibility index (Phi) is 7.95. The van der Waals surface area contributed by atoms with Crippen molar-refractivity contribution in [1.82, 2.24) is 10.2 Å². The summed E-state index contributed by atoms with van der Waals surface area (Å²) < 4.78 is 38.6. The molecule has 0 amide bonds. The van der Waals surface area contributed by atoms with E-state index in [0.717, 1.165) is 36.2 Å². The minimum Gasteiger partial charge on any atom is -0.314 e. The smallest absolute Gasteiger partial charge is 0.314 e. The molecule has 1 saturated heterocycles. The van der Waals surface area contributed by atoms with Crippen LogP contribution in [0.4, 0.5) is 13.2 Å². The molecule has 0 saturated carbocycles. The first-order valence-electron chi connectivity index (χ1n) is 6.83. The minimum atomic E-state index is -4.13. The molecule has 8 heteroatoms. The highest BCUT2D eigenvalue weighted by atomic mass is 79.9. The van der Waals surface area contributed by atoms with E-state index in [2.05, 4.69) is 26.1 Å². The first-order valence-corrected chi connectivity index (χ1v) is 8.00. The van der Waals surface area contributed by atoms with E-state index in [1.54, 1.807) is 12.1 Å². The molecule has 126 valence electrons. The fourth-order valence-corrected chi connectivity index (χ4v) is 3.55. The molecule has 1 heterocycles. The molecular weight excluding hydrogens is 404 g/mol. The van der Waals surface area contributed by atoms with Gasteiger partial charge >= 0.3 is 6.18 Å². The van der Waals surface area contributed by atoms with Gasteiger partial charge in [0.25, 0.3) is 0 Å². The fourth-order valence-electron chi connectivity index (χ4n) is 2.60. The SMILES string of the molecule is Cl.FC(F)(F)CC[C@@H](c1ccc(Cl)cc1Br)N1CCNCC1. The Labute approximate surface area is 147 Å². The summed E-state index contributed by atoms with van der Waals surface area (Å²) in [5.74, 6) is 0. The number of rotatable bonds is 4. The molecule has 1 atom stereocenters. The van der Waals surface area contributed by atoms with Gasteiger partial charge in [0.05, 0.1) is 0 Å². The highest BCUT2D eigenvalue weighted by Crippen LogP contribution is 2.36. The lowest BCUT2D eigenvalue weighted by Crippen LogP contribution is -2.45. The largest absolute Gasteiger partial charge is 0.389 e. The maximum absolute atomic E-state index is 12.6. The molecule has 0 spiro atoms. The van der Waals surface area contributed by atoms with Gasteiger partial charge in [0.1, 0.15) is 0 Å². The summed E-state index contributed by atoms with van der Waals surface area (Å²) in [7, 11) is 0. The van der Waals surface area contributed by atoms with Crippen LogP contribution in [0.5, 0.6) is 0 Å². The van der Waals surface area contributed by atoms with Crippen LogP contribution in [0.3, 0.4) is 0 Å². The lowest BCUT2D eigenvalue weighted by molar-refractivity contribution is -0.138. The zero-order valence-electron chi connectivity index (χ0n) is 11.8. The highest BCUT2D eigenvalue weighted by molar-refractivity contribution is 9.10. The average Bonchev–Trinajstić information content (AvgIpc) is 2.41. The van der Waals surface area contributed by atoms with Gasteiger partial charge in [0, 0.05) is 48.1 Å². The van der Waals surface area contributed by atoms with Crippen LogP contribution in [0.15, 0.2) is 22.7 Å². The summed E-state index contributed by atoms with van der Waals surface area (Å²) in [4.78, 5) is 2.11. The molecule has 0 unspecified atom stereocenters. The summed E-state index contributed by atoms with van der Waals surface area (Å²) in [6.45, 7) is 3.09. The van der Waals surface area contributed by atoms with Gasteiger partial charge in [0.15, 0.2) is 0 Å². The predicted octanol–water partition coefficient (Wildman–Crippen LogP) is 4.81. The number of piperazine rings is 1. The lowest BCUT2D eigenvalue weighted by atomic mass is 9.99. The van der Waals surface area contributed by atoms with E-state index in [1.807, 2.05) is 6.07 Å². The third kappa shape index (κ3) is 5.89. The summed E-state index contributed by atoms with van der Waals surface area (Å²) in [5, 5.41) is 3.79. The number of hydrogen-bond donors (Lipinski definition) is 1. The lowest BCUT2D eigenvalue weighted by Gasteiger charge is -2.36. The van der Waals surface area contributed by atoms with E-state index >= 15 is 0 Å². The van der Waals surface area contributed by atoms with Crippen molar-refractivity contribution in [3.8, 4) is 0 Å². The quantitative estimate of drug-likeness (QED) is 0.750. The number of nitrogens with one attached hydrogen (secondary N) is 1. The summed E-state index contributed by atoms with van der Waals surface area (Å²) in [6.07, 6.45) is -4.86. The Morgan fingerprint density at radius 1 is 1.27 bits per heavy atom. The van der Waals surface area contributed by atoms with Crippen molar-refractivity contribution in [2.45, 2.75) is 25.1 Å². The third-order valence-electron chi connectivity index (χ3n) is 3.62. The Hall–Kier alpha value is -0.0100. The van der Waals surface area contributed by atoms with E-state index < -0.39 is 12.6 Å². The van der Waals surface area contributed by atoms with Crippen molar-refractivity contribution >= 4 is 39.9 Å².